The van der Waals surface area contributed by atoms with E-state index in [9.17, 15) is 23.2 Å². The first-order valence-corrected chi connectivity index (χ1v) is 9.97. The summed E-state index contributed by atoms with van der Waals surface area (Å²) in [6.45, 7) is -1.42. The largest absolute Gasteiger partial charge is 0.435 e. The van der Waals surface area contributed by atoms with E-state index in [1.165, 1.54) is 18.2 Å². The van der Waals surface area contributed by atoms with Gasteiger partial charge in [-0.25, -0.2) is 0 Å². The number of rotatable bonds is 6. The number of primary amides is 1. The lowest BCUT2D eigenvalue weighted by Gasteiger charge is -2.34. The fourth-order valence-electron chi connectivity index (χ4n) is 3.94. The van der Waals surface area contributed by atoms with Gasteiger partial charge in [0.1, 0.15) is 11.8 Å². The zero-order valence-electron chi connectivity index (χ0n) is 16.5. The Morgan fingerprint density at radius 3 is 2.33 bits per heavy atom. The molecule has 2 fully saturated rings. The summed E-state index contributed by atoms with van der Waals surface area (Å²) in [7, 11) is 0. The number of halogens is 2. The van der Waals surface area contributed by atoms with Crippen molar-refractivity contribution in [2.24, 2.45) is 11.7 Å². The van der Waals surface area contributed by atoms with E-state index in [1.54, 1.807) is 28.0 Å². The van der Waals surface area contributed by atoms with E-state index in [1.807, 2.05) is 0 Å². The first-order valence-electron chi connectivity index (χ1n) is 9.97. The number of piperidine rings is 1. The molecule has 162 valence electrons. The van der Waals surface area contributed by atoms with Gasteiger partial charge in [0.25, 0.3) is 0 Å². The molecular weight excluding hydrogens is 396 g/mol. The Balaban J connectivity index is 1.49. The van der Waals surface area contributed by atoms with E-state index >= 15 is 0 Å². The molecule has 1 aromatic carbocycles. The molecule has 30 heavy (non-hydrogen) atoms. The highest BCUT2D eigenvalue weighted by molar-refractivity contribution is 5.92. The molecule has 2 heterocycles. The van der Waals surface area contributed by atoms with E-state index in [-0.39, 0.29) is 23.5 Å². The maximum atomic E-state index is 12.7. The molecule has 1 aromatic rings. The number of ether oxygens (including phenoxy) is 1. The maximum absolute atomic E-state index is 12.7. The van der Waals surface area contributed by atoms with E-state index in [4.69, 9.17) is 5.73 Å². The molecule has 2 N–H and O–H groups in total. The van der Waals surface area contributed by atoms with Crippen LogP contribution < -0.4 is 10.5 Å². The summed E-state index contributed by atoms with van der Waals surface area (Å²) in [5.41, 5.74) is 6.08. The minimum absolute atomic E-state index is 0.0509. The number of alkyl halides is 2. The number of carbonyl (C=O) groups excluding carboxylic acids is 3. The number of hydrogen-bond acceptors (Lipinski definition) is 4. The molecule has 2 aliphatic heterocycles. The van der Waals surface area contributed by atoms with Gasteiger partial charge in [-0.15, -0.1) is 0 Å². The lowest BCUT2D eigenvalue weighted by molar-refractivity contribution is -0.143. The van der Waals surface area contributed by atoms with Crippen LogP contribution in [-0.4, -0.2) is 59.8 Å². The van der Waals surface area contributed by atoms with Gasteiger partial charge >= 0.3 is 6.61 Å². The van der Waals surface area contributed by atoms with Crippen LogP contribution in [0.25, 0.3) is 6.08 Å². The second kappa shape index (κ2) is 9.69. The molecule has 0 spiro atoms. The minimum atomic E-state index is -2.88. The van der Waals surface area contributed by atoms with Crippen LogP contribution in [0.4, 0.5) is 8.78 Å². The summed E-state index contributed by atoms with van der Waals surface area (Å²) in [4.78, 5) is 39.9. The Hall–Kier alpha value is -2.97. The number of amides is 3. The molecule has 0 radical (unpaired) electrons. The number of hydrogen-bond donors (Lipinski definition) is 1. The highest BCUT2D eigenvalue weighted by atomic mass is 19.3. The Morgan fingerprint density at radius 1 is 1.07 bits per heavy atom. The molecule has 0 aliphatic carbocycles. The normalized spacial score (nSPS) is 20.2. The van der Waals surface area contributed by atoms with Crippen molar-refractivity contribution in [3.05, 3.63) is 35.9 Å². The van der Waals surface area contributed by atoms with Gasteiger partial charge in [-0.2, -0.15) is 8.78 Å². The van der Waals surface area contributed by atoms with Crippen molar-refractivity contribution >= 4 is 23.8 Å². The number of nitrogens with two attached hydrogens (primary N) is 1. The van der Waals surface area contributed by atoms with Crippen molar-refractivity contribution in [2.75, 3.05) is 19.6 Å². The van der Waals surface area contributed by atoms with Gasteiger partial charge in [-0.3, -0.25) is 14.4 Å². The van der Waals surface area contributed by atoms with Gasteiger partial charge in [-0.05, 0) is 49.5 Å². The standard InChI is InChI=1S/C21H25F2N3O4/c22-21(23)30-16-6-3-14(4-7-16)5-8-18(27)25-12-9-15(10-13-25)20(29)26-11-1-2-17(26)19(24)28/h3-8,15,17,21H,1-2,9-13H2,(H2,24,28)/b8-5+/t17-/m1/s1. The van der Waals surface area contributed by atoms with Gasteiger partial charge < -0.3 is 20.3 Å². The van der Waals surface area contributed by atoms with Crippen LogP contribution in [0.15, 0.2) is 30.3 Å². The molecule has 0 saturated carbocycles. The summed E-state index contributed by atoms with van der Waals surface area (Å²) >= 11 is 0. The second-order valence-electron chi connectivity index (χ2n) is 7.47. The number of carbonyl (C=O) groups is 3. The predicted octanol–water partition coefficient (Wildman–Crippen LogP) is 2.02. The second-order valence-corrected chi connectivity index (χ2v) is 7.47. The molecule has 3 rings (SSSR count). The summed E-state index contributed by atoms with van der Waals surface area (Å²) in [6.07, 6.45) is 5.50. The van der Waals surface area contributed by atoms with Gasteiger partial charge in [0.2, 0.25) is 17.7 Å². The van der Waals surface area contributed by atoms with Gasteiger partial charge in [0.15, 0.2) is 0 Å². The lowest BCUT2D eigenvalue weighted by atomic mass is 9.94. The van der Waals surface area contributed by atoms with Gasteiger partial charge in [-0.1, -0.05) is 12.1 Å². The average molecular weight is 421 g/mol. The van der Waals surface area contributed by atoms with Gasteiger partial charge in [0.05, 0.1) is 0 Å². The highest BCUT2D eigenvalue weighted by Crippen LogP contribution is 2.25. The predicted molar refractivity (Wildman–Crippen MR) is 105 cm³/mol. The molecule has 0 unspecified atom stereocenters. The zero-order valence-corrected chi connectivity index (χ0v) is 16.5. The van der Waals surface area contributed by atoms with Crippen molar-refractivity contribution < 1.29 is 27.9 Å². The van der Waals surface area contributed by atoms with Crippen LogP contribution >= 0.6 is 0 Å². The molecule has 0 aromatic heterocycles. The minimum Gasteiger partial charge on any atom is -0.435 e. The van der Waals surface area contributed by atoms with Crippen molar-refractivity contribution in [2.45, 2.75) is 38.3 Å². The van der Waals surface area contributed by atoms with Crippen LogP contribution in [0.1, 0.15) is 31.2 Å². The Morgan fingerprint density at radius 2 is 1.73 bits per heavy atom. The van der Waals surface area contributed by atoms with Crippen molar-refractivity contribution in [3.63, 3.8) is 0 Å². The highest BCUT2D eigenvalue weighted by Gasteiger charge is 2.37. The average Bonchev–Trinajstić information content (AvgIpc) is 3.22. The fourth-order valence-corrected chi connectivity index (χ4v) is 3.94. The third kappa shape index (κ3) is 5.34. The Kier molecular flexibility index (Phi) is 7.02. The molecule has 3 amide bonds. The lowest BCUT2D eigenvalue weighted by Crippen LogP contribution is -2.48. The first kappa shape index (κ1) is 21.7. The van der Waals surface area contributed by atoms with Crippen molar-refractivity contribution in [1.82, 2.24) is 9.80 Å². The first-order chi connectivity index (χ1) is 14.3. The van der Waals surface area contributed by atoms with Crippen LogP contribution in [0.5, 0.6) is 5.75 Å². The zero-order chi connectivity index (χ0) is 21.7. The Labute approximate surface area is 173 Å². The monoisotopic (exact) mass is 421 g/mol. The molecular formula is C21H25F2N3O4. The SMILES string of the molecule is NC(=O)[C@H]1CCCN1C(=O)C1CCN(C(=O)/C=C/c2ccc(OC(F)F)cc2)CC1. The summed E-state index contributed by atoms with van der Waals surface area (Å²) < 4.78 is 28.6. The quantitative estimate of drug-likeness (QED) is 0.712. The Bertz CT molecular complexity index is 805. The third-order valence-electron chi connectivity index (χ3n) is 5.54. The molecule has 2 aliphatic rings. The van der Waals surface area contributed by atoms with Crippen molar-refractivity contribution in [1.29, 1.82) is 0 Å². The van der Waals surface area contributed by atoms with E-state index in [0.29, 0.717) is 44.5 Å². The molecule has 0 bridgehead atoms. The van der Waals surface area contributed by atoms with Crippen LogP contribution in [-0.2, 0) is 14.4 Å². The summed E-state index contributed by atoms with van der Waals surface area (Å²) in [5, 5.41) is 0. The van der Waals surface area contributed by atoms with E-state index in [0.717, 1.165) is 6.42 Å². The molecule has 7 nitrogen and oxygen atoms in total. The van der Waals surface area contributed by atoms with Crippen molar-refractivity contribution in [3.8, 4) is 5.75 Å². The number of benzene rings is 1. The number of nitrogens with zero attached hydrogens (tertiary/aromatic N) is 2. The fraction of sp³-hybridized carbons (Fsp3) is 0.476. The molecule has 1 atom stereocenters. The maximum Gasteiger partial charge on any atom is 0.387 e. The third-order valence-corrected chi connectivity index (χ3v) is 5.54. The van der Waals surface area contributed by atoms with Crippen LogP contribution in [0, 0.1) is 5.92 Å². The van der Waals surface area contributed by atoms with Crippen LogP contribution in [0.2, 0.25) is 0 Å². The molecule has 9 heteroatoms. The molecule has 2 saturated heterocycles. The summed E-state index contributed by atoms with van der Waals surface area (Å²) in [6, 6.07) is 5.46. The summed E-state index contributed by atoms with van der Waals surface area (Å²) in [5.74, 6) is -0.848. The van der Waals surface area contributed by atoms with Gasteiger partial charge in [0, 0.05) is 31.6 Å². The number of likely N-dealkylation sites (tertiary alicyclic amines) is 2. The topological polar surface area (TPSA) is 92.9 Å². The van der Waals surface area contributed by atoms with Crippen LogP contribution in [0.3, 0.4) is 0 Å². The smallest absolute Gasteiger partial charge is 0.387 e. The van der Waals surface area contributed by atoms with E-state index < -0.39 is 18.6 Å². The van der Waals surface area contributed by atoms with E-state index in [2.05, 4.69) is 4.74 Å².